The van der Waals surface area contributed by atoms with E-state index >= 15 is 0 Å². The van der Waals surface area contributed by atoms with E-state index in [1.54, 1.807) is 19.1 Å². The van der Waals surface area contributed by atoms with Crippen molar-refractivity contribution in [1.29, 1.82) is 0 Å². The molecule has 2 N–H and O–H groups in total. The fraction of sp³-hybridized carbons (Fsp3) is 0.167. The number of hydrogen-bond acceptors (Lipinski definition) is 4. The highest BCUT2D eigenvalue weighted by atomic mass is 19.1. The Balaban J connectivity index is 2.37. The molecule has 4 nitrogen and oxygen atoms in total. The molecule has 5 heteroatoms. The van der Waals surface area contributed by atoms with Crippen LogP contribution in [0, 0.1) is 19.7 Å². The van der Waals surface area contributed by atoms with Crippen LogP contribution in [-0.4, -0.2) is 9.97 Å². The van der Waals surface area contributed by atoms with Gasteiger partial charge in [-0.2, -0.15) is 4.98 Å². The zero-order chi connectivity index (χ0) is 12.4. The van der Waals surface area contributed by atoms with Crippen molar-refractivity contribution < 1.29 is 9.13 Å². The maximum atomic E-state index is 13.5. The molecule has 0 radical (unpaired) electrons. The van der Waals surface area contributed by atoms with Gasteiger partial charge in [-0.3, -0.25) is 0 Å². The monoisotopic (exact) mass is 233 g/mol. The Morgan fingerprint density at radius 2 is 2.06 bits per heavy atom. The largest absolute Gasteiger partial charge is 0.435 e. The van der Waals surface area contributed by atoms with Crippen LogP contribution < -0.4 is 10.5 Å². The van der Waals surface area contributed by atoms with Crippen LogP contribution in [0.4, 0.5) is 10.3 Å². The number of aryl methyl sites for hydroxylation is 2. The summed E-state index contributed by atoms with van der Waals surface area (Å²) in [7, 11) is 0. The molecule has 17 heavy (non-hydrogen) atoms. The number of benzene rings is 1. The number of ether oxygens (including phenoxy) is 1. The smallest absolute Gasteiger partial charge is 0.227 e. The Morgan fingerprint density at radius 3 is 2.82 bits per heavy atom. The minimum atomic E-state index is -0.438. The summed E-state index contributed by atoms with van der Waals surface area (Å²) in [6, 6.07) is 4.63. The molecule has 1 aromatic carbocycles. The first-order valence-corrected chi connectivity index (χ1v) is 5.09. The second kappa shape index (κ2) is 4.37. The minimum absolute atomic E-state index is 0.0960. The maximum Gasteiger partial charge on any atom is 0.227 e. The highest BCUT2D eigenvalue weighted by Crippen LogP contribution is 2.26. The molecule has 1 heterocycles. The van der Waals surface area contributed by atoms with E-state index in [-0.39, 0.29) is 17.6 Å². The average molecular weight is 233 g/mol. The second-order valence-corrected chi connectivity index (χ2v) is 3.75. The third-order valence-electron chi connectivity index (χ3n) is 2.24. The van der Waals surface area contributed by atoms with E-state index in [2.05, 4.69) is 9.97 Å². The van der Waals surface area contributed by atoms with E-state index < -0.39 is 5.82 Å². The van der Waals surface area contributed by atoms with Crippen molar-refractivity contribution in [1.82, 2.24) is 9.97 Å². The van der Waals surface area contributed by atoms with Gasteiger partial charge in [0.1, 0.15) is 0 Å². The SMILES string of the molecule is Cc1ccc(F)c(Oc2nc(N)ncc2C)c1. The molecule has 0 saturated carbocycles. The Kier molecular flexibility index (Phi) is 2.91. The van der Waals surface area contributed by atoms with Gasteiger partial charge >= 0.3 is 0 Å². The molecule has 0 aliphatic heterocycles. The topological polar surface area (TPSA) is 61.0 Å². The average Bonchev–Trinajstić information content (AvgIpc) is 2.28. The van der Waals surface area contributed by atoms with Crippen molar-refractivity contribution in [3.05, 3.63) is 41.3 Å². The van der Waals surface area contributed by atoms with Gasteiger partial charge < -0.3 is 10.5 Å². The molecule has 1 aromatic heterocycles. The van der Waals surface area contributed by atoms with Crippen LogP contribution in [0.2, 0.25) is 0 Å². The first-order valence-electron chi connectivity index (χ1n) is 5.09. The fourth-order valence-electron chi connectivity index (χ4n) is 1.34. The molecule has 88 valence electrons. The third-order valence-corrected chi connectivity index (χ3v) is 2.24. The summed E-state index contributed by atoms with van der Waals surface area (Å²) in [6.07, 6.45) is 1.53. The van der Waals surface area contributed by atoms with Crippen molar-refractivity contribution in [3.8, 4) is 11.6 Å². The van der Waals surface area contributed by atoms with Gasteiger partial charge in [-0.1, -0.05) is 6.07 Å². The quantitative estimate of drug-likeness (QED) is 0.866. The normalized spacial score (nSPS) is 10.3. The number of nitrogen functional groups attached to an aromatic ring is 1. The van der Waals surface area contributed by atoms with Crippen LogP contribution in [0.1, 0.15) is 11.1 Å². The molecule has 0 amide bonds. The number of aromatic nitrogens is 2. The lowest BCUT2D eigenvalue weighted by Crippen LogP contribution is -1.99. The zero-order valence-corrected chi connectivity index (χ0v) is 9.57. The Hall–Kier alpha value is -2.17. The summed E-state index contributed by atoms with van der Waals surface area (Å²) in [6.45, 7) is 3.62. The Morgan fingerprint density at radius 1 is 1.29 bits per heavy atom. The highest BCUT2D eigenvalue weighted by Gasteiger charge is 2.09. The highest BCUT2D eigenvalue weighted by molar-refractivity contribution is 5.36. The molecule has 0 saturated heterocycles. The Labute approximate surface area is 98.3 Å². The van der Waals surface area contributed by atoms with Crippen LogP contribution in [-0.2, 0) is 0 Å². The number of nitrogens with zero attached hydrogens (tertiary/aromatic N) is 2. The van der Waals surface area contributed by atoms with Crippen LogP contribution >= 0.6 is 0 Å². The lowest BCUT2D eigenvalue weighted by Gasteiger charge is -2.08. The number of hydrogen-bond donors (Lipinski definition) is 1. The van der Waals surface area contributed by atoms with Crippen molar-refractivity contribution in [2.24, 2.45) is 0 Å². The number of nitrogens with two attached hydrogens (primary N) is 1. The predicted octanol–water partition coefficient (Wildman–Crippen LogP) is 2.61. The molecule has 0 atom stereocenters. The van der Waals surface area contributed by atoms with E-state index in [0.717, 1.165) is 5.56 Å². The van der Waals surface area contributed by atoms with Crippen molar-refractivity contribution in [2.45, 2.75) is 13.8 Å². The number of halogens is 1. The summed E-state index contributed by atoms with van der Waals surface area (Å²) >= 11 is 0. The molecular formula is C12H12FN3O. The molecule has 0 unspecified atom stereocenters. The maximum absolute atomic E-state index is 13.5. The van der Waals surface area contributed by atoms with Crippen LogP contribution in [0.25, 0.3) is 0 Å². The standard InChI is InChI=1S/C12H12FN3O/c1-7-3-4-9(13)10(5-7)17-11-8(2)6-15-12(14)16-11/h3-6H,1-2H3,(H2,14,15,16). The number of rotatable bonds is 2. The van der Waals surface area contributed by atoms with Gasteiger partial charge in [0.05, 0.1) is 0 Å². The van der Waals surface area contributed by atoms with E-state index in [9.17, 15) is 4.39 Å². The molecule has 0 fully saturated rings. The van der Waals surface area contributed by atoms with E-state index in [0.29, 0.717) is 5.56 Å². The second-order valence-electron chi connectivity index (χ2n) is 3.75. The summed E-state index contributed by atoms with van der Waals surface area (Å²) in [5, 5.41) is 0. The lowest BCUT2D eigenvalue weighted by molar-refractivity contribution is 0.424. The van der Waals surface area contributed by atoms with Gasteiger partial charge in [0.25, 0.3) is 0 Å². The molecule has 2 rings (SSSR count). The van der Waals surface area contributed by atoms with Crippen LogP contribution in [0.3, 0.4) is 0 Å². The summed E-state index contributed by atoms with van der Waals surface area (Å²) in [4.78, 5) is 7.73. The summed E-state index contributed by atoms with van der Waals surface area (Å²) < 4.78 is 18.9. The van der Waals surface area contributed by atoms with E-state index in [1.165, 1.54) is 12.3 Å². The predicted molar refractivity (Wildman–Crippen MR) is 62.4 cm³/mol. The first-order chi connectivity index (χ1) is 8.06. The molecule has 2 aromatic rings. The number of anilines is 1. The van der Waals surface area contributed by atoms with Gasteiger partial charge in [-0.15, -0.1) is 0 Å². The molecule has 0 aliphatic rings. The molecular weight excluding hydrogens is 221 g/mol. The summed E-state index contributed by atoms with van der Waals surface area (Å²) in [5.41, 5.74) is 7.05. The van der Waals surface area contributed by atoms with Gasteiger partial charge in [0, 0.05) is 11.8 Å². The lowest BCUT2D eigenvalue weighted by atomic mass is 10.2. The minimum Gasteiger partial charge on any atom is -0.435 e. The van der Waals surface area contributed by atoms with Crippen LogP contribution in [0.15, 0.2) is 24.4 Å². The van der Waals surface area contributed by atoms with Gasteiger partial charge in [0.15, 0.2) is 11.6 Å². The molecule has 0 bridgehead atoms. The van der Waals surface area contributed by atoms with E-state index in [4.69, 9.17) is 10.5 Å². The molecule has 0 aliphatic carbocycles. The van der Waals surface area contributed by atoms with Gasteiger partial charge in [-0.05, 0) is 31.5 Å². The van der Waals surface area contributed by atoms with Crippen molar-refractivity contribution >= 4 is 5.95 Å². The fourth-order valence-corrected chi connectivity index (χ4v) is 1.34. The van der Waals surface area contributed by atoms with Gasteiger partial charge in [-0.25, -0.2) is 9.37 Å². The van der Waals surface area contributed by atoms with Crippen molar-refractivity contribution in [3.63, 3.8) is 0 Å². The first kappa shape index (κ1) is 11.3. The zero-order valence-electron chi connectivity index (χ0n) is 9.57. The van der Waals surface area contributed by atoms with Crippen molar-refractivity contribution in [2.75, 3.05) is 5.73 Å². The van der Waals surface area contributed by atoms with Gasteiger partial charge in [0.2, 0.25) is 11.8 Å². The Bertz CT molecular complexity index is 508. The molecule has 0 spiro atoms. The van der Waals surface area contributed by atoms with Crippen LogP contribution in [0.5, 0.6) is 11.6 Å². The third kappa shape index (κ3) is 2.50. The van der Waals surface area contributed by atoms with E-state index in [1.807, 2.05) is 6.92 Å². The summed E-state index contributed by atoms with van der Waals surface area (Å²) in [5.74, 6) is 0.0547.